The highest BCUT2D eigenvalue weighted by Crippen LogP contribution is 2.17. The summed E-state index contributed by atoms with van der Waals surface area (Å²) in [6.45, 7) is 1.87. The smallest absolute Gasteiger partial charge is 0.340 e. The van der Waals surface area contributed by atoms with Crippen molar-refractivity contribution in [2.75, 3.05) is 12.3 Å². The van der Waals surface area contributed by atoms with Crippen molar-refractivity contribution in [3.63, 3.8) is 0 Å². The van der Waals surface area contributed by atoms with Gasteiger partial charge in [0.05, 0.1) is 17.0 Å². The second-order valence-electron chi connectivity index (χ2n) is 6.37. The van der Waals surface area contributed by atoms with Gasteiger partial charge in [-0.05, 0) is 31.2 Å². The first kappa shape index (κ1) is 18.1. The van der Waals surface area contributed by atoms with E-state index in [0.29, 0.717) is 11.3 Å². The fraction of sp³-hybridized carbons (Fsp3) is 0.222. The standard InChI is InChI=1S/C18H16N4O5S/c1-12-3-2-4-15-19-14(9-17(23)22(12)15)11-27-18(24)13-5-6-16-20-28(25,26)8-7-21(16)10-13/h2-6,9-10H,7-8,11H2,1H3. The van der Waals surface area contributed by atoms with Gasteiger partial charge in [0.25, 0.3) is 15.6 Å². The zero-order chi connectivity index (χ0) is 19.9. The van der Waals surface area contributed by atoms with Crippen LogP contribution < -0.4 is 5.56 Å². The van der Waals surface area contributed by atoms with Gasteiger partial charge in [-0.3, -0.25) is 9.20 Å². The summed E-state index contributed by atoms with van der Waals surface area (Å²) in [7, 11) is -3.45. The first-order valence-electron chi connectivity index (χ1n) is 8.47. The number of hydrogen-bond donors (Lipinski definition) is 0. The summed E-state index contributed by atoms with van der Waals surface area (Å²) in [5.41, 5.74) is 1.59. The molecule has 2 aromatic rings. The van der Waals surface area contributed by atoms with E-state index in [-0.39, 0.29) is 35.9 Å². The molecule has 0 radical (unpaired) electrons. The molecule has 0 atom stereocenters. The number of sulfonamides is 1. The van der Waals surface area contributed by atoms with Gasteiger partial charge in [-0.15, -0.1) is 4.40 Å². The van der Waals surface area contributed by atoms with Gasteiger partial charge >= 0.3 is 5.97 Å². The number of pyridine rings is 1. The van der Waals surface area contributed by atoms with E-state index in [0.717, 1.165) is 5.69 Å². The van der Waals surface area contributed by atoms with Crippen LogP contribution in [-0.4, -0.2) is 46.8 Å². The lowest BCUT2D eigenvalue weighted by atomic mass is 10.2. The zero-order valence-corrected chi connectivity index (χ0v) is 15.7. The average Bonchev–Trinajstić information content (AvgIpc) is 2.65. The number of aromatic nitrogens is 2. The summed E-state index contributed by atoms with van der Waals surface area (Å²) in [4.78, 5) is 30.5. The van der Waals surface area contributed by atoms with Crippen molar-refractivity contribution in [2.24, 2.45) is 4.40 Å². The summed E-state index contributed by atoms with van der Waals surface area (Å²) < 4.78 is 33.5. The molecule has 0 bridgehead atoms. The van der Waals surface area contributed by atoms with Crippen LogP contribution in [0.4, 0.5) is 0 Å². The summed E-state index contributed by atoms with van der Waals surface area (Å²) in [5.74, 6) is -0.453. The Morgan fingerprint density at radius 3 is 2.93 bits per heavy atom. The first-order valence-corrected chi connectivity index (χ1v) is 10.1. The number of nitrogens with zero attached hydrogens (tertiary/aromatic N) is 4. The zero-order valence-electron chi connectivity index (χ0n) is 14.9. The Labute approximate surface area is 160 Å². The van der Waals surface area contributed by atoms with Gasteiger partial charge in [-0.25, -0.2) is 18.2 Å². The van der Waals surface area contributed by atoms with Crippen molar-refractivity contribution >= 4 is 27.5 Å². The molecule has 10 heteroatoms. The molecule has 144 valence electrons. The lowest BCUT2D eigenvalue weighted by Crippen LogP contribution is -2.37. The van der Waals surface area contributed by atoms with Crippen molar-refractivity contribution in [3.05, 3.63) is 69.9 Å². The minimum atomic E-state index is -3.45. The van der Waals surface area contributed by atoms with E-state index >= 15 is 0 Å². The number of ether oxygens (including phenoxy) is 1. The fourth-order valence-electron chi connectivity index (χ4n) is 2.98. The Kier molecular flexibility index (Phi) is 4.34. The van der Waals surface area contributed by atoms with Crippen molar-refractivity contribution in [1.82, 2.24) is 14.3 Å². The van der Waals surface area contributed by atoms with Gasteiger partial charge in [-0.1, -0.05) is 6.07 Å². The van der Waals surface area contributed by atoms with Crippen LogP contribution in [0.2, 0.25) is 0 Å². The van der Waals surface area contributed by atoms with Gasteiger partial charge in [0, 0.05) is 24.5 Å². The molecule has 0 unspecified atom stereocenters. The molecule has 0 saturated heterocycles. The molecule has 2 aliphatic rings. The number of carbonyl (C=O) groups is 1. The lowest BCUT2D eigenvalue weighted by Gasteiger charge is -2.26. The van der Waals surface area contributed by atoms with Gasteiger partial charge in [-0.2, -0.15) is 0 Å². The van der Waals surface area contributed by atoms with E-state index in [1.807, 2.05) is 0 Å². The van der Waals surface area contributed by atoms with Crippen molar-refractivity contribution < 1.29 is 17.9 Å². The maximum atomic E-state index is 12.3. The van der Waals surface area contributed by atoms with Crippen LogP contribution in [0.15, 0.2) is 57.4 Å². The second kappa shape index (κ2) is 6.71. The fourth-order valence-corrected chi connectivity index (χ4v) is 3.95. The normalized spacial score (nSPS) is 17.7. The summed E-state index contributed by atoms with van der Waals surface area (Å²) in [6, 6.07) is 6.64. The van der Waals surface area contributed by atoms with Crippen LogP contribution in [0.25, 0.3) is 5.65 Å². The number of carbonyl (C=O) groups excluding carboxylic acids is 1. The molecule has 0 amide bonds. The average molecular weight is 400 g/mol. The van der Waals surface area contributed by atoms with E-state index < -0.39 is 16.0 Å². The SMILES string of the molecule is Cc1cccc2nc(COC(=O)C3=CN4CCS(=O)(=O)N=C4C=C3)cc(=O)n12. The van der Waals surface area contributed by atoms with E-state index in [1.165, 1.54) is 28.8 Å². The van der Waals surface area contributed by atoms with Gasteiger partial charge in [0.1, 0.15) is 18.1 Å². The highest BCUT2D eigenvalue weighted by Gasteiger charge is 2.25. The summed E-state index contributed by atoms with van der Waals surface area (Å²) >= 11 is 0. The molecule has 4 rings (SSSR count). The minimum Gasteiger partial charge on any atom is -0.456 e. The number of rotatable bonds is 3. The van der Waals surface area contributed by atoms with Crippen molar-refractivity contribution in [1.29, 1.82) is 0 Å². The van der Waals surface area contributed by atoms with Crippen LogP contribution in [-0.2, 0) is 26.2 Å². The van der Waals surface area contributed by atoms with E-state index in [2.05, 4.69) is 9.38 Å². The Bertz CT molecular complexity index is 1240. The van der Waals surface area contributed by atoms with E-state index in [1.54, 1.807) is 30.0 Å². The third-order valence-corrected chi connectivity index (χ3v) is 5.51. The monoisotopic (exact) mass is 400 g/mol. The molecule has 9 nitrogen and oxygen atoms in total. The number of amidine groups is 1. The second-order valence-corrected chi connectivity index (χ2v) is 8.12. The minimum absolute atomic E-state index is 0.118. The molecular weight excluding hydrogens is 384 g/mol. The summed E-state index contributed by atoms with van der Waals surface area (Å²) in [6.07, 6.45) is 4.41. The van der Waals surface area contributed by atoms with Gasteiger partial charge < -0.3 is 9.64 Å². The largest absolute Gasteiger partial charge is 0.456 e. The molecule has 0 aliphatic carbocycles. The Hall–Kier alpha value is -3.27. The highest BCUT2D eigenvalue weighted by atomic mass is 32.2. The predicted octanol–water partition coefficient (Wildman–Crippen LogP) is 0.544. The van der Waals surface area contributed by atoms with Crippen molar-refractivity contribution in [3.8, 4) is 0 Å². The van der Waals surface area contributed by atoms with Gasteiger partial charge in [0.2, 0.25) is 0 Å². The number of hydrogen-bond acceptors (Lipinski definition) is 7. The van der Waals surface area contributed by atoms with Crippen LogP contribution in [0, 0.1) is 6.92 Å². The molecule has 0 aromatic carbocycles. The highest BCUT2D eigenvalue weighted by molar-refractivity contribution is 7.90. The van der Waals surface area contributed by atoms with E-state index in [9.17, 15) is 18.0 Å². The van der Waals surface area contributed by atoms with Crippen LogP contribution in [0.3, 0.4) is 0 Å². The number of aryl methyl sites for hydroxylation is 1. The van der Waals surface area contributed by atoms with Crippen LogP contribution in [0.1, 0.15) is 11.4 Å². The maximum absolute atomic E-state index is 12.3. The molecular formula is C18H16N4O5S. The Morgan fingerprint density at radius 2 is 2.11 bits per heavy atom. The Balaban J connectivity index is 1.50. The molecule has 0 fully saturated rings. The van der Waals surface area contributed by atoms with Crippen LogP contribution >= 0.6 is 0 Å². The molecule has 0 N–H and O–H groups in total. The van der Waals surface area contributed by atoms with Crippen LogP contribution in [0.5, 0.6) is 0 Å². The molecule has 4 heterocycles. The molecule has 0 spiro atoms. The van der Waals surface area contributed by atoms with Crippen molar-refractivity contribution in [2.45, 2.75) is 13.5 Å². The van der Waals surface area contributed by atoms with Gasteiger partial charge in [0.15, 0.2) is 0 Å². The summed E-state index contributed by atoms with van der Waals surface area (Å²) in [5, 5.41) is 0. The topological polar surface area (TPSA) is 110 Å². The molecule has 28 heavy (non-hydrogen) atoms. The third kappa shape index (κ3) is 3.46. The molecule has 0 saturated carbocycles. The predicted molar refractivity (Wildman–Crippen MR) is 101 cm³/mol. The lowest BCUT2D eigenvalue weighted by molar-refractivity contribution is -0.140. The number of esters is 1. The quantitative estimate of drug-likeness (QED) is 0.692. The van der Waals surface area contributed by atoms with E-state index in [4.69, 9.17) is 4.74 Å². The third-order valence-electron chi connectivity index (χ3n) is 4.34. The first-order chi connectivity index (χ1) is 13.3. The Morgan fingerprint density at radius 1 is 1.29 bits per heavy atom. The molecule has 2 aromatic heterocycles. The number of fused-ring (bicyclic) bond motifs is 2. The maximum Gasteiger partial charge on any atom is 0.340 e. The molecule has 2 aliphatic heterocycles.